The zero-order valence-electron chi connectivity index (χ0n) is 22.4. The molecule has 1 aliphatic carbocycles. The lowest BCUT2D eigenvalue weighted by molar-refractivity contribution is 0.0155. The smallest absolute Gasteiger partial charge is 0.220 e. The highest BCUT2D eigenvalue weighted by Crippen LogP contribution is 2.41. The third kappa shape index (κ3) is 7.86. The van der Waals surface area contributed by atoms with Gasteiger partial charge in [0.1, 0.15) is 0 Å². The fourth-order valence-corrected chi connectivity index (χ4v) is 3.94. The molecule has 1 atom stereocenters. The number of hydrogen-bond donors (Lipinski definition) is 3. The molecule has 0 heterocycles. The van der Waals surface area contributed by atoms with E-state index in [4.69, 9.17) is 15.6 Å². The number of benzene rings is 2. The predicted molar refractivity (Wildman–Crippen MR) is 145 cm³/mol. The Morgan fingerprint density at radius 3 is 2.09 bits per heavy atom. The molecular formula is C30H42N2O3. The number of carbonyl (C=O) groups excluding carboxylic acids is 1. The van der Waals surface area contributed by atoms with Crippen LogP contribution in [0, 0.1) is 28.6 Å². The molecule has 0 aliphatic heterocycles. The highest BCUT2D eigenvalue weighted by Gasteiger charge is 2.36. The second-order valence-electron chi connectivity index (χ2n) is 10.3. The molecule has 0 amide bonds. The Hall–Kier alpha value is -2.79. The molecule has 3 N–H and O–H groups in total. The maximum absolute atomic E-state index is 12.8. The number of hydrogen-bond acceptors (Lipinski definition) is 5. The van der Waals surface area contributed by atoms with Crippen molar-refractivity contribution in [1.29, 1.82) is 10.8 Å². The van der Waals surface area contributed by atoms with Gasteiger partial charge in [0.15, 0.2) is 11.7 Å². The molecule has 0 spiro atoms. The first-order chi connectivity index (χ1) is 16.4. The van der Waals surface area contributed by atoms with Crippen LogP contribution < -0.4 is 0 Å². The minimum atomic E-state index is -0.457. The fraction of sp³-hybridized carbons (Fsp3) is 0.500. The first-order valence-electron chi connectivity index (χ1n) is 12.7. The van der Waals surface area contributed by atoms with Crippen molar-refractivity contribution < 1.29 is 14.6 Å². The van der Waals surface area contributed by atoms with E-state index in [0.717, 1.165) is 34.6 Å². The Bertz CT molecular complexity index is 1030. The minimum Gasteiger partial charge on any atom is -0.425 e. The van der Waals surface area contributed by atoms with E-state index in [9.17, 15) is 9.90 Å². The van der Waals surface area contributed by atoms with E-state index in [1.54, 1.807) is 12.1 Å². The van der Waals surface area contributed by atoms with Crippen molar-refractivity contribution in [3.63, 3.8) is 0 Å². The van der Waals surface area contributed by atoms with Crippen molar-refractivity contribution in [2.45, 2.75) is 79.8 Å². The van der Waals surface area contributed by atoms with Crippen molar-refractivity contribution >= 4 is 17.6 Å². The normalized spacial score (nSPS) is 14.1. The number of aryl methyl sites for hydroxylation is 1. The van der Waals surface area contributed by atoms with Gasteiger partial charge in [0, 0.05) is 23.5 Å². The number of Topliss-reactive ketones (excluding diaryl/α,β-unsaturated/α-hetero) is 1. The van der Waals surface area contributed by atoms with Gasteiger partial charge in [-0.05, 0) is 73.8 Å². The molecule has 5 heteroatoms. The first kappa shape index (κ1) is 28.4. The molecule has 0 bridgehead atoms. The topological polar surface area (TPSA) is 94.2 Å². The average Bonchev–Trinajstić information content (AvgIpc) is 3.67. The molecule has 190 valence electrons. The van der Waals surface area contributed by atoms with Crippen LogP contribution in [0.5, 0.6) is 0 Å². The van der Waals surface area contributed by atoms with Crippen molar-refractivity contribution in [2.24, 2.45) is 17.8 Å². The van der Waals surface area contributed by atoms with E-state index in [-0.39, 0.29) is 23.5 Å². The lowest BCUT2D eigenvalue weighted by atomic mass is 9.88. The van der Waals surface area contributed by atoms with Gasteiger partial charge in [-0.3, -0.25) is 15.6 Å². The summed E-state index contributed by atoms with van der Waals surface area (Å²) < 4.78 is 5.17. The summed E-state index contributed by atoms with van der Waals surface area (Å²) >= 11 is 0. The Labute approximate surface area is 210 Å². The standard InChI is InChI=1S/C22H26N2O2.C8H16O/c1-5-15-8-7-9-18(20(15)21(25)14(3)4)16-10-12-17(13-11-16)22(24)26-19(23)6-2;1-6(7-4-5-7)8(2,3)9/h7-14,23-24H,5-6H2,1-4H3;6-7,9H,4-5H2,1-3H3. The van der Waals surface area contributed by atoms with Crippen LogP contribution in [0.25, 0.3) is 11.1 Å². The summed E-state index contributed by atoms with van der Waals surface area (Å²) in [5.74, 6) is 1.41. The van der Waals surface area contributed by atoms with Gasteiger partial charge in [-0.2, -0.15) is 0 Å². The van der Waals surface area contributed by atoms with Crippen LogP contribution in [-0.4, -0.2) is 28.3 Å². The average molecular weight is 479 g/mol. The Morgan fingerprint density at radius 1 is 1.06 bits per heavy atom. The molecule has 1 unspecified atom stereocenters. The van der Waals surface area contributed by atoms with Gasteiger partial charge in [-0.25, -0.2) is 0 Å². The molecule has 0 aromatic heterocycles. The van der Waals surface area contributed by atoms with Gasteiger partial charge in [0.25, 0.3) is 0 Å². The van der Waals surface area contributed by atoms with E-state index in [0.29, 0.717) is 17.9 Å². The number of ether oxygens (including phenoxy) is 1. The van der Waals surface area contributed by atoms with Crippen molar-refractivity contribution in [3.8, 4) is 11.1 Å². The number of aliphatic hydroxyl groups is 1. The third-order valence-corrected chi connectivity index (χ3v) is 6.75. The largest absolute Gasteiger partial charge is 0.425 e. The molecule has 0 saturated heterocycles. The molecule has 1 aliphatic rings. The maximum atomic E-state index is 12.8. The lowest BCUT2D eigenvalue weighted by Gasteiger charge is -2.25. The van der Waals surface area contributed by atoms with Gasteiger partial charge in [-0.1, -0.05) is 65.0 Å². The Balaban J connectivity index is 0.000000402. The molecule has 2 aromatic rings. The van der Waals surface area contributed by atoms with Crippen LogP contribution in [0.15, 0.2) is 42.5 Å². The zero-order chi connectivity index (χ0) is 26.3. The number of nitrogens with one attached hydrogen (secondary N) is 2. The summed E-state index contributed by atoms with van der Waals surface area (Å²) in [4.78, 5) is 12.8. The monoisotopic (exact) mass is 478 g/mol. The molecule has 2 aromatic carbocycles. The van der Waals surface area contributed by atoms with Crippen LogP contribution in [0.3, 0.4) is 0 Å². The second-order valence-corrected chi connectivity index (χ2v) is 10.3. The summed E-state index contributed by atoms with van der Waals surface area (Å²) in [6, 6.07) is 13.3. The molecule has 3 rings (SSSR count). The number of carbonyl (C=O) groups is 1. The second kappa shape index (κ2) is 12.3. The van der Waals surface area contributed by atoms with Gasteiger partial charge >= 0.3 is 0 Å². The van der Waals surface area contributed by atoms with Crippen molar-refractivity contribution in [2.75, 3.05) is 0 Å². The van der Waals surface area contributed by atoms with Gasteiger partial charge in [-0.15, -0.1) is 0 Å². The molecule has 1 saturated carbocycles. The first-order valence-corrected chi connectivity index (χ1v) is 12.7. The van der Waals surface area contributed by atoms with Gasteiger partial charge in [0.05, 0.1) is 5.60 Å². The summed E-state index contributed by atoms with van der Waals surface area (Å²) in [5, 5.41) is 25.0. The zero-order valence-corrected chi connectivity index (χ0v) is 22.4. The van der Waals surface area contributed by atoms with E-state index in [1.165, 1.54) is 12.8 Å². The molecule has 5 nitrogen and oxygen atoms in total. The van der Waals surface area contributed by atoms with E-state index < -0.39 is 5.60 Å². The Kier molecular flexibility index (Phi) is 9.96. The van der Waals surface area contributed by atoms with Crippen LogP contribution in [0.4, 0.5) is 0 Å². The van der Waals surface area contributed by atoms with Crippen LogP contribution in [0.1, 0.15) is 89.2 Å². The van der Waals surface area contributed by atoms with E-state index >= 15 is 0 Å². The van der Waals surface area contributed by atoms with Crippen LogP contribution in [0.2, 0.25) is 0 Å². The van der Waals surface area contributed by atoms with Gasteiger partial charge < -0.3 is 9.84 Å². The van der Waals surface area contributed by atoms with Crippen molar-refractivity contribution in [1.82, 2.24) is 0 Å². The fourth-order valence-electron chi connectivity index (χ4n) is 3.94. The number of rotatable bonds is 8. The number of ketones is 1. The minimum absolute atomic E-state index is 0.0378. The third-order valence-electron chi connectivity index (χ3n) is 6.75. The molecule has 35 heavy (non-hydrogen) atoms. The molecule has 1 fully saturated rings. The highest BCUT2D eigenvalue weighted by molar-refractivity contribution is 6.05. The Morgan fingerprint density at radius 2 is 1.66 bits per heavy atom. The summed E-state index contributed by atoms with van der Waals surface area (Å²) in [6.07, 6.45) is 3.90. The SMILES string of the molecule is CC(C1CC1)C(C)(C)O.CCC(=N)OC(=N)c1ccc(-c2cccc(CC)c2C(=O)C(C)C)cc1. The highest BCUT2D eigenvalue weighted by atomic mass is 16.5. The van der Waals surface area contributed by atoms with Gasteiger partial charge in [0.2, 0.25) is 5.90 Å². The maximum Gasteiger partial charge on any atom is 0.220 e. The van der Waals surface area contributed by atoms with Crippen LogP contribution in [-0.2, 0) is 11.2 Å². The quantitative estimate of drug-likeness (QED) is 0.211. The van der Waals surface area contributed by atoms with Crippen LogP contribution >= 0.6 is 0 Å². The molecule has 0 radical (unpaired) electrons. The van der Waals surface area contributed by atoms with E-state index in [2.05, 4.69) is 13.8 Å². The van der Waals surface area contributed by atoms with E-state index in [1.807, 2.05) is 65.0 Å². The van der Waals surface area contributed by atoms with Crippen molar-refractivity contribution in [3.05, 3.63) is 59.2 Å². The summed E-state index contributed by atoms with van der Waals surface area (Å²) in [5.41, 5.74) is 3.85. The summed E-state index contributed by atoms with van der Waals surface area (Å²) in [6.45, 7) is 13.6. The predicted octanol–water partition coefficient (Wildman–Crippen LogP) is 7.29. The summed E-state index contributed by atoms with van der Waals surface area (Å²) in [7, 11) is 0. The molecular weight excluding hydrogens is 436 g/mol. The lowest BCUT2D eigenvalue weighted by Crippen LogP contribution is -2.29.